The quantitative estimate of drug-likeness (QED) is 0.394. The maximum atomic E-state index is 12.5. The Morgan fingerprint density at radius 1 is 1.10 bits per heavy atom. The molecule has 0 atom stereocenters. The Kier molecular flexibility index (Phi) is 7.98. The van der Waals surface area contributed by atoms with Gasteiger partial charge in [0.15, 0.2) is 5.69 Å². The standard InChI is InChI=1S/C26H29Cl2NO/c1-17(2)11-20-9-10-21(16-25(20)29-3)26-23(27)14-19(15-24(26)28)13-22(30)12-18-7-5-4-6-8-18/h9-10,14-18H,4-8,11-13H2,1-2H3. The number of halogens is 2. The SMILES string of the molecule is [C-]#[N+]c1cc(-c2c(Cl)cc(CC(=O)CC3CCCCC3)cc2Cl)ccc1CC(C)C. The van der Waals surface area contributed by atoms with Crippen LogP contribution in [0.2, 0.25) is 10.0 Å². The predicted octanol–water partition coefficient (Wildman–Crippen LogP) is 8.49. The Hall–Kier alpha value is -1.82. The van der Waals surface area contributed by atoms with Gasteiger partial charge in [-0.1, -0.05) is 81.3 Å². The average molecular weight is 442 g/mol. The van der Waals surface area contributed by atoms with Crippen molar-refractivity contribution in [3.8, 4) is 11.1 Å². The van der Waals surface area contributed by atoms with Crippen LogP contribution in [-0.4, -0.2) is 5.78 Å². The normalized spacial score (nSPS) is 14.7. The van der Waals surface area contributed by atoms with Gasteiger partial charge in [-0.05, 0) is 53.1 Å². The molecule has 1 aliphatic carbocycles. The Bertz CT molecular complexity index is 929. The summed E-state index contributed by atoms with van der Waals surface area (Å²) in [6, 6.07) is 9.54. The van der Waals surface area contributed by atoms with Crippen LogP contribution in [0.1, 0.15) is 63.5 Å². The van der Waals surface area contributed by atoms with Gasteiger partial charge in [0.2, 0.25) is 0 Å². The topological polar surface area (TPSA) is 21.4 Å². The first-order chi connectivity index (χ1) is 14.4. The molecule has 158 valence electrons. The minimum absolute atomic E-state index is 0.259. The van der Waals surface area contributed by atoms with Crippen LogP contribution in [0.3, 0.4) is 0 Å². The van der Waals surface area contributed by atoms with Crippen LogP contribution in [0.4, 0.5) is 5.69 Å². The van der Waals surface area contributed by atoms with Crippen molar-refractivity contribution in [2.45, 2.75) is 65.2 Å². The van der Waals surface area contributed by atoms with Gasteiger partial charge in [-0.3, -0.25) is 4.79 Å². The lowest BCUT2D eigenvalue weighted by atomic mass is 9.85. The maximum Gasteiger partial charge on any atom is 0.191 e. The predicted molar refractivity (Wildman–Crippen MR) is 127 cm³/mol. The number of benzene rings is 2. The Morgan fingerprint density at radius 3 is 2.37 bits per heavy atom. The molecule has 2 nitrogen and oxygen atoms in total. The van der Waals surface area contributed by atoms with Crippen LogP contribution >= 0.6 is 23.2 Å². The van der Waals surface area contributed by atoms with Crippen molar-refractivity contribution in [1.29, 1.82) is 0 Å². The van der Waals surface area contributed by atoms with Crippen molar-refractivity contribution in [1.82, 2.24) is 0 Å². The average Bonchev–Trinajstić information content (AvgIpc) is 2.68. The molecule has 0 radical (unpaired) electrons. The molecule has 1 saturated carbocycles. The van der Waals surface area contributed by atoms with E-state index in [1.807, 2.05) is 30.3 Å². The molecule has 0 spiro atoms. The molecule has 3 rings (SSSR count). The molecule has 2 aromatic rings. The summed E-state index contributed by atoms with van der Waals surface area (Å²) in [6.07, 6.45) is 8.01. The summed E-state index contributed by atoms with van der Waals surface area (Å²) in [4.78, 5) is 16.2. The van der Waals surface area contributed by atoms with Crippen LogP contribution < -0.4 is 0 Å². The number of nitrogens with zero attached hydrogens (tertiary/aromatic N) is 1. The van der Waals surface area contributed by atoms with Crippen molar-refractivity contribution >= 4 is 34.7 Å². The van der Waals surface area contributed by atoms with Gasteiger partial charge in [-0.25, -0.2) is 4.85 Å². The largest absolute Gasteiger partial charge is 0.299 e. The Balaban J connectivity index is 1.79. The zero-order chi connectivity index (χ0) is 21.7. The number of rotatable bonds is 7. The van der Waals surface area contributed by atoms with E-state index in [2.05, 4.69) is 18.7 Å². The van der Waals surface area contributed by atoms with E-state index in [4.69, 9.17) is 29.8 Å². The van der Waals surface area contributed by atoms with Gasteiger partial charge in [0.1, 0.15) is 5.78 Å². The van der Waals surface area contributed by atoms with E-state index < -0.39 is 0 Å². The van der Waals surface area contributed by atoms with Crippen molar-refractivity contribution in [2.75, 3.05) is 0 Å². The zero-order valence-electron chi connectivity index (χ0n) is 17.8. The molecule has 30 heavy (non-hydrogen) atoms. The molecule has 1 aliphatic rings. The molecule has 0 bridgehead atoms. The van der Waals surface area contributed by atoms with Gasteiger partial charge < -0.3 is 0 Å². The van der Waals surface area contributed by atoms with Crippen LogP contribution in [0, 0.1) is 18.4 Å². The third-order valence-electron chi connectivity index (χ3n) is 5.87. The van der Waals surface area contributed by atoms with Gasteiger partial charge in [0, 0.05) is 18.4 Å². The number of hydrogen-bond donors (Lipinski definition) is 0. The molecule has 2 aromatic carbocycles. The molecule has 4 heteroatoms. The molecule has 0 aromatic heterocycles. The van der Waals surface area contributed by atoms with Gasteiger partial charge in [0.05, 0.1) is 16.6 Å². The first-order valence-corrected chi connectivity index (χ1v) is 11.6. The third kappa shape index (κ3) is 5.87. The van der Waals surface area contributed by atoms with Crippen molar-refractivity contribution < 1.29 is 4.79 Å². The van der Waals surface area contributed by atoms with Crippen molar-refractivity contribution in [2.24, 2.45) is 11.8 Å². The highest BCUT2D eigenvalue weighted by Crippen LogP contribution is 2.39. The zero-order valence-corrected chi connectivity index (χ0v) is 19.3. The van der Waals surface area contributed by atoms with E-state index in [0.717, 1.165) is 28.7 Å². The minimum Gasteiger partial charge on any atom is -0.299 e. The van der Waals surface area contributed by atoms with Crippen LogP contribution in [-0.2, 0) is 17.6 Å². The summed E-state index contributed by atoms with van der Waals surface area (Å²) < 4.78 is 0. The van der Waals surface area contributed by atoms with Crippen molar-refractivity contribution in [3.05, 3.63) is 62.9 Å². The van der Waals surface area contributed by atoms with Gasteiger partial charge in [-0.15, -0.1) is 0 Å². The summed E-state index contributed by atoms with van der Waals surface area (Å²) in [5, 5.41) is 1.05. The second kappa shape index (κ2) is 10.5. The first kappa shape index (κ1) is 22.9. The van der Waals surface area contributed by atoms with E-state index in [-0.39, 0.29) is 5.78 Å². The molecule has 0 aliphatic heterocycles. The summed E-state index contributed by atoms with van der Waals surface area (Å²) in [5.74, 6) is 1.27. The summed E-state index contributed by atoms with van der Waals surface area (Å²) in [7, 11) is 0. The fraction of sp³-hybridized carbons (Fsp3) is 0.462. The molecular formula is C26H29Cl2NO. The Morgan fingerprint density at radius 2 is 1.77 bits per heavy atom. The second-order valence-electron chi connectivity index (χ2n) is 8.91. The first-order valence-electron chi connectivity index (χ1n) is 10.9. The summed E-state index contributed by atoms with van der Waals surface area (Å²) >= 11 is 13.2. The second-order valence-corrected chi connectivity index (χ2v) is 9.73. The van der Waals surface area contributed by atoms with E-state index in [1.54, 1.807) is 0 Å². The lowest BCUT2D eigenvalue weighted by molar-refractivity contribution is -0.119. The highest BCUT2D eigenvalue weighted by atomic mass is 35.5. The van der Waals surface area contributed by atoms with Crippen LogP contribution in [0.25, 0.3) is 16.0 Å². The van der Waals surface area contributed by atoms with Crippen LogP contribution in [0.5, 0.6) is 0 Å². The van der Waals surface area contributed by atoms with Gasteiger partial charge >= 0.3 is 0 Å². The molecule has 0 N–H and O–H groups in total. The fourth-order valence-corrected chi connectivity index (χ4v) is 5.20. The molecule has 0 saturated heterocycles. The minimum atomic E-state index is 0.259. The highest BCUT2D eigenvalue weighted by Gasteiger charge is 2.19. The number of carbonyl (C=O) groups is 1. The molecule has 0 amide bonds. The summed E-state index contributed by atoms with van der Waals surface area (Å²) in [5.41, 5.74) is 4.10. The third-order valence-corrected chi connectivity index (χ3v) is 6.46. The molecule has 1 fully saturated rings. The Labute approximate surface area is 190 Å². The maximum absolute atomic E-state index is 12.5. The smallest absolute Gasteiger partial charge is 0.191 e. The van der Waals surface area contributed by atoms with E-state index in [1.165, 1.54) is 32.1 Å². The van der Waals surface area contributed by atoms with Crippen molar-refractivity contribution in [3.63, 3.8) is 0 Å². The molecule has 0 heterocycles. The number of hydrogen-bond acceptors (Lipinski definition) is 1. The number of carbonyl (C=O) groups excluding carboxylic acids is 1. The monoisotopic (exact) mass is 441 g/mol. The lowest BCUT2D eigenvalue weighted by Gasteiger charge is -2.20. The molecular weight excluding hydrogens is 413 g/mol. The highest BCUT2D eigenvalue weighted by molar-refractivity contribution is 6.39. The number of ketones is 1. The van der Waals surface area contributed by atoms with E-state index in [0.29, 0.717) is 40.4 Å². The van der Waals surface area contributed by atoms with E-state index in [9.17, 15) is 4.79 Å². The molecule has 0 unspecified atom stereocenters. The van der Waals surface area contributed by atoms with Gasteiger partial charge in [-0.2, -0.15) is 0 Å². The lowest BCUT2D eigenvalue weighted by Crippen LogP contribution is -2.13. The fourth-order valence-electron chi connectivity index (χ4n) is 4.45. The summed E-state index contributed by atoms with van der Waals surface area (Å²) in [6.45, 7) is 11.8. The number of Topliss-reactive ketones (excluding diaryl/α,β-unsaturated/α-hetero) is 1. The van der Waals surface area contributed by atoms with Crippen LogP contribution in [0.15, 0.2) is 30.3 Å². The van der Waals surface area contributed by atoms with E-state index >= 15 is 0 Å². The van der Waals surface area contributed by atoms with Gasteiger partial charge in [0.25, 0.3) is 0 Å².